The van der Waals surface area contributed by atoms with Crippen LogP contribution in [0, 0.1) is 0 Å². The molecule has 0 saturated carbocycles. The number of amides is 1. The zero-order valence-corrected chi connectivity index (χ0v) is 16.1. The number of fused-ring (bicyclic) bond motifs is 1. The molecule has 0 fully saturated rings. The van der Waals surface area contributed by atoms with Crippen molar-refractivity contribution in [1.82, 2.24) is 5.32 Å². The van der Waals surface area contributed by atoms with E-state index >= 15 is 0 Å². The van der Waals surface area contributed by atoms with Crippen LogP contribution in [-0.2, 0) is 4.79 Å². The minimum atomic E-state index is -0.540. The number of hydrogen-bond donors (Lipinski definition) is 2. The molecule has 3 N–H and O–H groups in total. The molecule has 1 amide bonds. The topological polar surface area (TPSA) is 72.2 Å². The van der Waals surface area contributed by atoms with Gasteiger partial charge in [-0.1, -0.05) is 36.4 Å². The molecule has 0 saturated heterocycles. The van der Waals surface area contributed by atoms with Gasteiger partial charge in [0.05, 0.1) is 10.9 Å². The zero-order chi connectivity index (χ0) is 18.9. The summed E-state index contributed by atoms with van der Waals surface area (Å²) >= 11 is 1.47. The van der Waals surface area contributed by atoms with Gasteiger partial charge >= 0.3 is 0 Å². The molecule has 0 aliphatic rings. The van der Waals surface area contributed by atoms with Crippen LogP contribution >= 0.6 is 11.3 Å². The van der Waals surface area contributed by atoms with Crippen LogP contribution in [0.5, 0.6) is 0 Å². The number of carbonyl (C=O) groups excluding carboxylic acids is 2. The highest BCUT2D eigenvalue weighted by atomic mass is 32.1. The van der Waals surface area contributed by atoms with Gasteiger partial charge in [0.25, 0.3) is 5.91 Å². The lowest BCUT2D eigenvalue weighted by molar-refractivity contribution is -0.117. The molecule has 1 aromatic carbocycles. The lowest BCUT2D eigenvalue weighted by Crippen LogP contribution is -2.41. The van der Waals surface area contributed by atoms with E-state index in [4.69, 9.17) is 5.73 Å². The van der Waals surface area contributed by atoms with Crippen LogP contribution in [0.15, 0.2) is 54.1 Å². The first kappa shape index (κ1) is 20.1. The van der Waals surface area contributed by atoms with Crippen LogP contribution in [0.25, 0.3) is 10.1 Å². The number of allylic oxidation sites excluding steroid dienone is 2. The predicted octanol–water partition coefficient (Wildman–Crippen LogP) is 4.22. The Morgan fingerprint density at radius 1 is 1.23 bits per heavy atom. The highest BCUT2D eigenvalue weighted by Crippen LogP contribution is 2.27. The van der Waals surface area contributed by atoms with Crippen LogP contribution in [-0.4, -0.2) is 24.3 Å². The minimum absolute atomic E-state index is 0.0347. The second kappa shape index (κ2) is 10.0. The monoisotopic (exact) mass is 370 g/mol. The van der Waals surface area contributed by atoms with Gasteiger partial charge in [-0.2, -0.15) is 0 Å². The molecule has 0 radical (unpaired) electrons. The van der Waals surface area contributed by atoms with Crippen LogP contribution in [0.1, 0.15) is 42.8 Å². The predicted molar refractivity (Wildman–Crippen MR) is 110 cm³/mol. The molecular formula is C21H26N2O2S. The van der Waals surface area contributed by atoms with E-state index < -0.39 is 6.04 Å². The summed E-state index contributed by atoms with van der Waals surface area (Å²) in [7, 11) is 0. The van der Waals surface area contributed by atoms with E-state index in [1.165, 1.54) is 11.3 Å². The molecular weight excluding hydrogens is 344 g/mol. The van der Waals surface area contributed by atoms with Crippen molar-refractivity contribution in [2.24, 2.45) is 5.73 Å². The van der Waals surface area contributed by atoms with Gasteiger partial charge in [0.2, 0.25) is 0 Å². The van der Waals surface area contributed by atoms with Crippen molar-refractivity contribution in [3.8, 4) is 0 Å². The quantitative estimate of drug-likeness (QED) is 0.300. The Morgan fingerprint density at radius 3 is 2.65 bits per heavy atom. The number of Topliss-reactive ketones (excluding diaryl/α,β-unsaturated/α-hetero) is 1. The van der Waals surface area contributed by atoms with E-state index in [2.05, 4.69) is 5.32 Å². The number of nitrogens with two attached hydrogens (primary N) is 1. The summed E-state index contributed by atoms with van der Waals surface area (Å²) in [5.74, 6) is -0.259. The Balaban J connectivity index is 2.22. The molecule has 2 aromatic rings. The second-order valence-corrected chi connectivity index (χ2v) is 7.15. The summed E-state index contributed by atoms with van der Waals surface area (Å²) in [6, 6.07) is 9.29. The third-order valence-electron chi connectivity index (χ3n) is 4.16. The van der Waals surface area contributed by atoms with E-state index in [0.717, 1.165) is 22.9 Å². The minimum Gasteiger partial charge on any atom is -0.342 e. The molecule has 4 nitrogen and oxygen atoms in total. The third kappa shape index (κ3) is 5.13. The molecule has 0 spiro atoms. The zero-order valence-electron chi connectivity index (χ0n) is 15.3. The number of carbonyl (C=O) groups is 2. The Kier molecular flexibility index (Phi) is 7.75. The number of ketones is 1. The number of unbranched alkanes of at least 4 members (excludes halogenated alkanes) is 1. The van der Waals surface area contributed by atoms with Crippen molar-refractivity contribution >= 4 is 33.1 Å². The maximum atomic E-state index is 13.0. The SMILES string of the molecule is C/C=C\C(=C/C)C(=O)NC(CCCCN)C(=O)c1cc2ccccc2s1. The fourth-order valence-electron chi connectivity index (χ4n) is 2.76. The fraction of sp³-hybridized carbons (Fsp3) is 0.333. The molecule has 1 atom stereocenters. The Labute approximate surface area is 158 Å². The van der Waals surface area contributed by atoms with Gasteiger partial charge in [-0.15, -0.1) is 11.3 Å². The van der Waals surface area contributed by atoms with Crippen molar-refractivity contribution in [1.29, 1.82) is 0 Å². The Morgan fingerprint density at radius 2 is 2.00 bits per heavy atom. The first-order valence-electron chi connectivity index (χ1n) is 8.93. The molecule has 0 bridgehead atoms. The summed E-state index contributed by atoms with van der Waals surface area (Å²) in [6.07, 6.45) is 7.52. The van der Waals surface area contributed by atoms with Crippen molar-refractivity contribution in [2.45, 2.75) is 39.2 Å². The van der Waals surface area contributed by atoms with Crippen LogP contribution in [0.4, 0.5) is 0 Å². The van der Waals surface area contributed by atoms with Gasteiger partial charge in [-0.05, 0) is 57.2 Å². The standard InChI is InChI=1S/C21H26N2O2S/c1-3-9-15(4-2)21(25)23-17(11-7-8-13-22)20(24)19-14-16-10-5-6-12-18(16)26-19/h3-6,9-10,12,14,17H,7-8,11,13,22H2,1-2H3,(H,23,25)/b9-3-,15-4+. The lowest BCUT2D eigenvalue weighted by Gasteiger charge is -2.17. The maximum absolute atomic E-state index is 13.0. The normalized spacial score (nSPS) is 13.3. The number of thiophene rings is 1. The first-order chi connectivity index (χ1) is 12.6. The van der Waals surface area contributed by atoms with E-state index in [9.17, 15) is 9.59 Å². The van der Waals surface area contributed by atoms with Gasteiger partial charge in [-0.3, -0.25) is 9.59 Å². The summed E-state index contributed by atoms with van der Waals surface area (Å²) < 4.78 is 1.07. The van der Waals surface area contributed by atoms with Gasteiger partial charge in [0.15, 0.2) is 5.78 Å². The molecule has 0 aliphatic carbocycles. The average Bonchev–Trinajstić information content (AvgIpc) is 3.08. The summed E-state index contributed by atoms with van der Waals surface area (Å²) in [5, 5.41) is 3.96. The van der Waals surface area contributed by atoms with Gasteiger partial charge in [-0.25, -0.2) is 0 Å². The lowest BCUT2D eigenvalue weighted by atomic mass is 10.0. The number of nitrogens with one attached hydrogen (secondary N) is 1. The molecule has 138 valence electrons. The largest absolute Gasteiger partial charge is 0.342 e. The second-order valence-electron chi connectivity index (χ2n) is 6.07. The van der Waals surface area contributed by atoms with Crippen molar-refractivity contribution in [3.63, 3.8) is 0 Å². The van der Waals surface area contributed by atoms with Crippen molar-refractivity contribution in [2.75, 3.05) is 6.54 Å². The van der Waals surface area contributed by atoms with Gasteiger partial charge in [0.1, 0.15) is 0 Å². The Hall–Kier alpha value is -2.24. The van der Waals surface area contributed by atoms with Crippen molar-refractivity contribution in [3.05, 3.63) is 59.0 Å². The molecule has 1 aromatic heterocycles. The molecule has 5 heteroatoms. The van der Waals surface area contributed by atoms with Crippen molar-refractivity contribution < 1.29 is 9.59 Å². The molecule has 2 rings (SSSR count). The maximum Gasteiger partial charge on any atom is 0.251 e. The van der Waals surface area contributed by atoms with E-state index in [-0.39, 0.29) is 11.7 Å². The van der Waals surface area contributed by atoms with Crippen LogP contribution in [0.3, 0.4) is 0 Å². The average molecular weight is 371 g/mol. The summed E-state index contributed by atoms with van der Waals surface area (Å²) in [6.45, 7) is 4.25. The highest BCUT2D eigenvalue weighted by Gasteiger charge is 2.24. The molecule has 1 heterocycles. The first-order valence-corrected chi connectivity index (χ1v) is 9.75. The summed E-state index contributed by atoms with van der Waals surface area (Å²) in [4.78, 5) is 26.2. The number of benzene rings is 1. The van der Waals surface area contributed by atoms with Crippen LogP contribution in [0.2, 0.25) is 0 Å². The van der Waals surface area contributed by atoms with Gasteiger partial charge in [0, 0.05) is 10.3 Å². The third-order valence-corrected chi connectivity index (χ3v) is 5.29. The fourth-order valence-corrected chi connectivity index (χ4v) is 3.82. The highest BCUT2D eigenvalue weighted by molar-refractivity contribution is 7.20. The Bertz CT molecular complexity index is 787. The van der Waals surface area contributed by atoms with E-state index in [1.54, 1.807) is 12.2 Å². The van der Waals surface area contributed by atoms with Gasteiger partial charge < -0.3 is 11.1 Å². The molecule has 0 aliphatic heterocycles. The summed E-state index contributed by atoms with van der Waals surface area (Å²) in [5.41, 5.74) is 6.13. The number of rotatable bonds is 9. The van der Waals surface area contributed by atoms with E-state index in [0.29, 0.717) is 23.4 Å². The molecule has 1 unspecified atom stereocenters. The van der Waals surface area contributed by atoms with Crippen LogP contribution < -0.4 is 11.1 Å². The molecule has 26 heavy (non-hydrogen) atoms. The smallest absolute Gasteiger partial charge is 0.251 e. The number of hydrogen-bond acceptors (Lipinski definition) is 4. The van der Waals surface area contributed by atoms with E-state index in [1.807, 2.05) is 50.3 Å².